The van der Waals surface area contributed by atoms with Gasteiger partial charge in [0.05, 0.1) is 4.90 Å². The summed E-state index contributed by atoms with van der Waals surface area (Å²) in [6, 6.07) is 6.97. The first kappa shape index (κ1) is 7.44. The summed E-state index contributed by atoms with van der Waals surface area (Å²) >= 11 is -1.84. The molecule has 0 aliphatic carbocycles. The van der Waals surface area contributed by atoms with E-state index in [0.29, 0.717) is 4.90 Å². The molecule has 1 atom stereocenters. The van der Waals surface area contributed by atoms with Crippen LogP contribution in [-0.2, 0) is 11.1 Å². The predicted octanol–water partition coefficient (Wildman–Crippen LogP) is 1.58. The molecule has 0 bridgehead atoms. The SMILES string of the molecule is Cc1cccc(S(=O)O)c1. The van der Waals surface area contributed by atoms with E-state index >= 15 is 0 Å². The first-order valence-electron chi connectivity index (χ1n) is 2.87. The van der Waals surface area contributed by atoms with E-state index in [0.717, 1.165) is 5.56 Å². The Labute approximate surface area is 62.2 Å². The molecule has 0 saturated heterocycles. The van der Waals surface area contributed by atoms with Crippen LogP contribution in [0.2, 0.25) is 0 Å². The van der Waals surface area contributed by atoms with Crippen molar-refractivity contribution in [2.75, 3.05) is 0 Å². The number of aryl methyl sites for hydroxylation is 1. The van der Waals surface area contributed by atoms with Crippen molar-refractivity contribution in [3.05, 3.63) is 29.8 Å². The maximum atomic E-state index is 10.5. The van der Waals surface area contributed by atoms with Gasteiger partial charge < -0.3 is 4.55 Å². The van der Waals surface area contributed by atoms with Gasteiger partial charge in [-0.25, -0.2) is 4.21 Å². The molecule has 0 heterocycles. The number of hydrogen-bond acceptors (Lipinski definition) is 1. The number of rotatable bonds is 1. The predicted molar refractivity (Wildman–Crippen MR) is 40.2 cm³/mol. The van der Waals surface area contributed by atoms with Gasteiger partial charge in [-0.1, -0.05) is 12.1 Å². The average Bonchev–Trinajstić information content (AvgIpc) is 1.88. The maximum Gasteiger partial charge on any atom is 0.186 e. The minimum atomic E-state index is -1.84. The molecule has 10 heavy (non-hydrogen) atoms. The molecule has 1 aromatic carbocycles. The molecule has 0 radical (unpaired) electrons. The molecule has 1 N–H and O–H groups in total. The lowest BCUT2D eigenvalue weighted by molar-refractivity contribution is 0.564. The molecule has 1 aromatic rings. The fourth-order valence-corrected chi connectivity index (χ4v) is 1.21. The molecule has 0 amide bonds. The van der Waals surface area contributed by atoms with Gasteiger partial charge in [0.1, 0.15) is 0 Å². The fourth-order valence-electron chi connectivity index (χ4n) is 0.724. The van der Waals surface area contributed by atoms with Gasteiger partial charge >= 0.3 is 0 Å². The third-order valence-corrected chi connectivity index (χ3v) is 1.85. The first-order valence-corrected chi connectivity index (χ1v) is 3.98. The molecule has 0 fully saturated rings. The second-order valence-electron chi connectivity index (χ2n) is 2.07. The topological polar surface area (TPSA) is 37.3 Å². The van der Waals surface area contributed by atoms with Crippen molar-refractivity contribution in [3.8, 4) is 0 Å². The molecular formula is C7H8O2S. The summed E-state index contributed by atoms with van der Waals surface area (Å²) in [4.78, 5) is 0.458. The summed E-state index contributed by atoms with van der Waals surface area (Å²) in [6.45, 7) is 1.89. The minimum absolute atomic E-state index is 0.458. The van der Waals surface area contributed by atoms with E-state index in [4.69, 9.17) is 4.55 Å². The monoisotopic (exact) mass is 156 g/mol. The summed E-state index contributed by atoms with van der Waals surface area (Å²) in [5, 5.41) is 0. The lowest BCUT2D eigenvalue weighted by Crippen LogP contribution is -1.87. The van der Waals surface area contributed by atoms with Crippen molar-refractivity contribution >= 4 is 11.1 Å². The highest BCUT2D eigenvalue weighted by Crippen LogP contribution is 2.06. The van der Waals surface area contributed by atoms with Crippen LogP contribution >= 0.6 is 0 Å². The Morgan fingerprint density at radius 2 is 2.20 bits per heavy atom. The molecule has 0 aliphatic rings. The van der Waals surface area contributed by atoms with Gasteiger partial charge in [-0.2, -0.15) is 0 Å². The van der Waals surface area contributed by atoms with E-state index in [1.54, 1.807) is 18.2 Å². The van der Waals surface area contributed by atoms with Crippen LogP contribution in [0.25, 0.3) is 0 Å². The van der Waals surface area contributed by atoms with Crippen LogP contribution in [0.4, 0.5) is 0 Å². The van der Waals surface area contributed by atoms with Crippen molar-refractivity contribution in [1.29, 1.82) is 0 Å². The molecule has 2 nitrogen and oxygen atoms in total. The Morgan fingerprint density at radius 1 is 1.50 bits per heavy atom. The Morgan fingerprint density at radius 3 is 2.60 bits per heavy atom. The van der Waals surface area contributed by atoms with E-state index in [-0.39, 0.29) is 0 Å². The smallest absolute Gasteiger partial charge is 0.186 e. The molecule has 0 aromatic heterocycles. The first-order chi connectivity index (χ1) is 4.70. The van der Waals surface area contributed by atoms with E-state index < -0.39 is 11.1 Å². The highest BCUT2D eigenvalue weighted by molar-refractivity contribution is 7.79. The third kappa shape index (κ3) is 1.65. The van der Waals surface area contributed by atoms with Crippen molar-refractivity contribution in [3.63, 3.8) is 0 Å². The maximum absolute atomic E-state index is 10.5. The molecule has 1 unspecified atom stereocenters. The summed E-state index contributed by atoms with van der Waals surface area (Å²) < 4.78 is 19.1. The van der Waals surface area contributed by atoms with Crippen LogP contribution < -0.4 is 0 Å². The van der Waals surface area contributed by atoms with Crippen molar-refractivity contribution in [1.82, 2.24) is 0 Å². The molecule has 0 spiro atoms. The summed E-state index contributed by atoms with van der Waals surface area (Å²) in [6.07, 6.45) is 0. The lowest BCUT2D eigenvalue weighted by atomic mass is 10.2. The average molecular weight is 156 g/mol. The van der Waals surface area contributed by atoms with Crippen molar-refractivity contribution in [2.24, 2.45) is 0 Å². The highest BCUT2D eigenvalue weighted by Gasteiger charge is 1.96. The van der Waals surface area contributed by atoms with Gasteiger partial charge in [0, 0.05) is 0 Å². The zero-order valence-electron chi connectivity index (χ0n) is 5.57. The van der Waals surface area contributed by atoms with Gasteiger partial charge in [0.15, 0.2) is 11.1 Å². The number of hydrogen-bond donors (Lipinski definition) is 1. The molecule has 54 valence electrons. The second kappa shape index (κ2) is 2.94. The van der Waals surface area contributed by atoms with Gasteiger partial charge in [0.2, 0.25) is 0 Å². The third-order valence-electron chi connectivity index (χ3n) is 1.19. The zero-order chi connectivity index (χ0) is 7.56. The van der Waals surface area contributed by atoms with E-state index in [1.807, 2.05) is 13.0 Å². The van der Waals surface area contributed by atoms with Gasteiger partial charge in [-0.15, -0.1) is 0 Å². The summed E-state index contributed by atoms with van der Waals surface area (Å²) in [5.74, 6) is 0. The Balaban J connectivity index is 3.07. The van der Waals surface area contributed by atoms with Crippen LogP contribution in [-0.4, -0.2) is 8.76 Å². The molecule has 3 heteroatoms. The molecular weight excluding hydrogens is 148 g/mol. The zero-order valence-corrected chi connectivity index (χ0v) is 6.39. The molecule has 0 aliphatic heterocycles. The van der Waals surface area contributed by atoms with E-state index in [2.05, 4.69) is 0 Å². The quantitative estimate of drug-likeness (QED) is 0.627. The Bertz CT molecular complexity index is 258. The van der Waals surface area contributed by atoms with Crippen LogP contribution in [0.3, 0.4) is 0 Å². The number of benzene rings is 1. The fraction of sp³-hybridized carbons (Fsp3) is 0.143. The van der Waals surface area contributed by atoms with Gasteiger partial charge in [-0.05, 0) is 24.6 Å². The normalized spacial score (nSPS) is 13.0. The van der Waals surface area contributed by atoms with E-state index in [9.17, 15) is 4.21 Å². The largest absolute Gasteiger partial charge is 0.302 e. The Kier molecular flexibility index (Phi) is 2.19. The highest BCUT2D eigenvalue weighted by atomic mass is 32.2. The minimum Gasteiger partial charge on any atom is -0.302 e. The second-order valence-corrected chi connectivity index (χ2v) is 3.04. The Hall–Kier alpha value is -0.670. The molecule has 0 saturated carbocycles. The van der Waals surface area contributed by atoms with Crippen LogP contribution in [0.5, 0.6) is 0 Å². The van der Waals surface area contributed by atoms with Crippen molar-refractivity contribution < 1.29 is 8.76 Å². The van der Waals surface area contributed by atoms with Crippen LogP contribution in [0, 0.1) is 6.92 Å². The standard InChI is InChI=1S/C7H8O2S/c1-6-3-2-4-7(5-6)10(8)9/h2-5H,1H3,(H,8,9). The van der Waals surface area contributed by atoms with E-state index in [1.165, 1.54) is 0 Å². The lowest BCUT2D eigenvalue weighted by Gasteiger charge is -1.94. The van der Waals surface area contributed by atoms with Crippen molar-refractivity contribution in [2.45, 2.75) is 11.8 Å². The van der Waals surface area contributed by atoms with Gasteiger partial charge in [0.25, 0.3) is 0 Å². The van der Waals surface area contributed by atoms with Crippen LogP contribution in [0.1, 0.15) is 5.56 Å². The molecule has 1 rings (SSSR count). The van der Waals surface area contributed by atoms with Crippen LogP contribution in [0.15, 0.2) is 29.2 Å². The van der Waals surface area contributed by atoms with Gasteiger partial charge in [-0.3, -0.25) is 0 Å². The summed E-state index contributed by atoms with van der Waals surface area (Å²) in [7, 11) is 0. The summed E-state index contributed by atoms with van der Waals surface area (Å²) in [5.41, 5.74) is 1.000.